The molecular weight excluding hydrogens is 292 g/mol. The van der Waals surface area contributed by atoms with Gasteiger partial charge in [0.25, 0.3) is 0 Å². The minimum atomic E-state index is -0.167. The van der Waals surface area contributed by atoms with Crippen molar-refractivity contribution in [2.75, 3.05) is 32.1 Å². The third-order valence-corrected chi connectivity index (χ3v) is 3.47. The zero-order valence-corrected chi connectivity index (χ0v) is 13.3. The van der Waals surface area contributed by atoms with E-state index in [-0.39, 0.29) is 18.6 Å². The van der Waals surface area contributed by atoms with E-state index in [9.17, 15) is 4.79 Å². The van der Waals surface area contributed by atoms with Gasteiger partial charge in [-0.25, -0.2) is 0 Å². The smallest absolute Gasteiger partial charge is 0.243 e. The monoisotopic (exact) mass is 314 g/mol. The number of hydrogen-bond acceptors (Lipinski definition) is 3. The molecule has 0 spiro atoms. The molecule has 122 valence electrons. The average molecular weight is 314 g/mol. The third kappa shape index (κ3) is 5.64. The van der Waals surface area contributed by atoms with Crippen LogP contribution in [0.4, 0.5) is 5.69 Å². The van der Waals surface area contributed by atoms with Crippen LogP contribution in [0.2, 0.25) is 0 Å². The van der Waals surface area contributed by atoms with E-state index in [2.05, 4.69) is 26.9 Å². The lowest BCUT2D eigenvalue weighted by Gasteiger charge is -2.15. The molecule has 3 N–H and O–H groups in total. The van der Waals surface area contributed by atoms with Crippen LogP contribution in [0.25, 0.3) is 0 Å². The fourth-order valence-corrected chi connectivity index (χ4v) is 2.29. The maximum atomic E-state index is 12.0. The predicted octanol–water partition coefficient (Wildman–Crippen LogP) is 0.950. The van der Waals surface area contributed by atoms with Gasteiger partial charge in [-0.2, -0.15) is 0 Å². The van der Waals surface area contributed by atoms with Gasteiger partial charge >= 0.3 is 0 Å². The maximum absolute atomic E-state index is 12.0. The molecular formula is C17H22N4O2. The van der Waals surface area contributed by atoms with Gasteiger partial charge in [-0.1, -0.05) is 12.0 Å². The van der Waals surface area contributed by atoms with E-state index in [0.717, 1.165) is 25.0 Å². The molecule has 0 saturated carbocycles. The summed E-state index contributed by atoms with van der Waals surface area (Å²) < 4.78 is 5.53. The van der Waals surface area contributed by atoms with Crippen molar-refractivity contribution in [2.45, 2.75) is 18.9 Å². The Balaban J connectivity index is 1.74. The van der Waals surface area contributed by atoms with Crippen molar-refractivity contribution in [3.63, 3.8) is 0 Å². The summed E-state index contributed by atoms with van der Waals surface area (Å²) in [6, 6.07) is 7.16. The largest absolute Gasteiger partial charge is 0.376 e. The fraction of sp³-hybridized carbons (Fsp3) is 0.412. The molecule has 6 nitrogen and oxygen atoms in total. The molecule has 1 fully saturated rings. The highest BCUT2D eigenvalue weighted by atomic mass is 16.5. The summed E-state index contributed by atoms with van der Waals surface area (Å²) in [5, 5.41) is 8.92. The van der Waals surface area contributed by atoms with Crippen LogP contribution in [-0.4, -0.2) is 44.7 Å². The first-order valence-electron chi connectivity index (χ1n) is 7.64. The first-order valence-corrected chi connectivity index (χ1v) is 7.64. The third-order valence-electron chi connectivity index (χ3n) is 3.47. The van der Waals surface area contributed by atoms with Crippen LogP contribution in [0, 0.1) is 12.3 Å². The summed E-state index contributed by atoms with van der Waals surface area (Å²) in [7, 11) is 1.67. The Morgan fingerprint density at radius 3 is 3.04 bits per heavy atom. The molecule has 23 heavy (non-hydrogen) atoms. The molecule has 1 atom stereocenters. The van der Waals surface area contributed by atoms with E-state index < -0.39 is 0 Å². The SMILES string of the molecule is C#Cc1cccc(NC(=O)CNC(=NC)NCC2CCCO2)c1. The summed E-state index contributed by atoms with van der Waals surface area (Å²) in [5.74, 6) is 2.94. The van der Waals surface area contributed by atoms with Crippen molar-refractivity contribution < 1.29 is 9.53 Å². The fourth-order valence-electron chi connectivity index (χ4n) is 2.29. The molecule has 0 aromatic heterocycles. The summed E-state index contributed by atoms with van der Waals surface area (Å²) in [4.78, 5) is 16.0. The van der Waals surface area contributed by atoms with Gasteiger partial charge in [-0.15, -0.1) is 6.42 Å². The Morgan fingerprint density at radius 1 is 1.48 bits per heavy atom. The second-order valence-electron chi connectivity index (χ2n) is 5.22. The topological polar surface area (TPSA) is 74.8 Å². The number of nitrogens with one attached hydrogen (secondary N) is 3. The van der Waals surface area contributed by atoms with Crippen molar-refractivity contribution in [2.24, 2.45) is 4.99 Å². The predicted molar refractivity (Wildman–Crippen MR) is 91.3 cm³/mol. The zero-order chi connectivity index (χ0) is 16.5. The molecule has 0 bridgehead atoms. The number of ether oxygens (including phenoxy) is 1. The molecule has 0 aliphatic carbocycles. The highest BCUT2D eigenvalue weighted by Gasteiger charge is 2.15. The molecule has 2 rings (SSSR count). The Kier molecular flexibility index (Phi) is 6.45. The molecule has 1 aliphatic rings. The van der Waals surface area contributed by atoms with Crippen LogP contribution < -0.4 is 16.0 Å². The number of benzene rings is 1. The van der Waals surface area contributed by atoms with Crippen molar-refractivity contribution in [3.8, 4) is 12.3 Å². The number of carbonyl (C=O) groups is 1. The standard InChI is InChI=1S/C17H22N4O2/c1-3-13-6-4-7-14(10-13)21-16(22)12-20-17(18-2)19-11-15-8-5-9-23-15/h1,4,6-7,10,15H,5,8-9,11-12H2,2H3,(H,21,22)(H2,18,19,20). The van der Waals surface area contributed by atoms with E-state index in [1.807, 2.05) is 6.07 Å². The van der Waals surface area contributed by atoms with Gasteiger partial charge in [0.15, 0.2) is 5.96 Å². The van der Waals surface area contributed by atoms with Gasteiger partial charge in [-0.05, 0) is 31.0 Å². The number of rotatable bonds is 5. The number of amides is 1. The van der Waals surface area contributed by atoms with Gasteiger partial charge in [0.2, 0.25) is 5.91 Å². The number of terminal acetylenes is 1. The van der Waals surface area contributed by atoms with E-state index in [0.29, 0.717) is 18.2 Å². The molecule has 1 saturated heterocycles. The lowest BCUT2D eigenvalue weighted by molar-refractivity contribution is -0.115. The Hall–Kier alpha value is -2.52. The number of hydrogen-bond donors (Lipinski definition) is 3. The molecule has 1 aliphatic heterocycles. The van der Waals surface area contributed by atoms with Crippen molar-refractivity contribution in [1.29, 1.82) is 0 Å². The first kappa shape index (κ1) is 16.8. The Bertz CT molecular complexity index is 601. The number of aliphatic imine (C=N–C) groups is 1. The number of nitrogens with zero attached hydrogens (tertiary/aromatic N) is 1. The molecule has 1 amide bonds. The van der Waals surface area contributed by atoms with E-state index in [1.54, 1.807) is 25.2 Å². The molecule has 1 aromatic carbocycles. The lowest BCUT2D eigenvalue weighted by atomic mass is 10.2. The summed E-state index contributed by atoms with van der Waals surface area (Å²) in [5.41, 5.74) is 1.40. The number of carbonyl (C=O) groups excluding carboxylic acids is 1. The highest BCUT2D eigenvalue weighted by Crippen LogP contribution is 2.10. The van der Waals surface area contributed by atoms with Gasteiger partial charge in [0.1, 0.15) is 0 Å². The van der Waals surface area contributed by atoms with Crippen LogP contribution in [0.1, 0.15) is 18.4 Å². The van der Waals surface area contributed by atoms with E-state index in [1.165, 1.54) is 0 Å². The van der Waals surface area contributed by atoms with Gasteiger partial charge in [0, 0.05) is 31.5 Å². The second kappa shape index (κ2) is 8.81. The summed E-state index contributed by atoms with van der Waals surface area (Å²) in [6.45, 7) is 1.62. The van der Waals surface area contributed by atoms with Crippen molar-refractivity contribution in [1.82, 2.24) is 10.6 Å². The minimum absolute atomic E-state index is 0.117. The molecule has 1 aromatic rings. The zero-order valence-electron chi connectivity index (χ0n) is 13.3. The minimum Gasteiger partial charge on any atom is -0.376 e. The Labute approximate surface area is 136 Å². The van der Waals surface area contributed by atoms with Crippen LogP contribution in [-0.2, 0) is 9.53 Å². The van der Waals surface area contributed by atoms with Crippen LogP contribution in [0.15, 0.2) is 29.3 Å². The Morgan fingerprint density at radius 2 is 2.35 bits per heavy atom. The molecule has 0 radical (unpaired) electrons. The molecule has 6 heteroatoms. The number of guanidine groups is 1. The van der Waals surface area contributed by atoms with Crippen molar-refractivity contribution >= 4 is 17.6 Å². The van der Waals surface area contributed by atoms with Crippen LogP contribution >= 0.6 is 0 Å². The average Bonchev–Trinajstić information content (AvgIpc) is 3.08. The number of anilines is 1. The first-order chi connectivity index (χ1) is 11.2. The second-order valence-corrected chi connectivity index (χ2v) is 5.22. The summed E-state index contributed by atoms with van der Waals surface area (Å²) >= 11 is 0. The van der Waals surface area contributed by atoms with Crippen LogP contribution in [0.5, 0.6) is 0 Å². The highest BCUT2D eigenvalue weighted by molar-refractivity contribution is 5.95. The van der Waals surface area contributed by atoms with Gasteiger partial charge in [0.05, 0.1) is 12.6 Å². The lowest BCUT2D eigenvalue weighted by Crippen LogP contribution is -2.43. The quantitative estimate of drug-likeness (QED) is 0.430. The van der Waals surface area contributed by atoms with Crippen molar-refractivity contribution in [3.05, 3.63) is 29.8 Å². The maximum Gasteiger partial charge on any atom is 0.243 e. The normalized spacial score (nSPS) is 17.4. The molecule has 1 unspecified atom stereocenters. The van der Waals surface area contributed by atoms with Gasteiger partial charge < -0.3 is 20.7 Å². The van der Waals surface area contributed by atoms with Gasteiger partial charge in [-0.3, -0.25) is 9.79 Å². The summed E-state index contributed by atoms with van der Waals surface area (Å²) in [6.07, 6.45) is 7.70. The molecule has 1 heterocycles. The van der Waals surface area contributed by atoms with Crippen LogP contribution in [0.3, 0.4) is 0 Å². The van der Waals surface area contributed by atoms with E-state index >= 15 is 0 Å². The van der Waals surface area contributed by atoms with E-state index in [4.69, 9.17) is 11.2 Å².